The Morgan fingerprint density at radius 3 is 2.33 bits per heavy atom. The number of nitrogens with one attached hydrogen (secondary N) is 1. The molecular formula is C20H27N. The van der Waals surface area contributed by atoms with Crippen molar-refractivity contribution in [2.45, 2.75) is 40.0 Å². The molecule has 0 heterocycles. The quantitative estimate of drug-likeness (QED) is 0.819. The summed E-state index contributed by atoms with van der Waals surface area (Å²) in [6.45, 7) is 10.8. The van der Waals surface area contributed by atoms with E-state index in [2.05, 4.69) is 75.5 Å². The SMILES string of the molecule is CCNCC(Cc1ccc(C)c(C)c1)c1ccccc1C. The van der Waals surface area contributed by atoms with Crippen LogP contribution in [-0.2, 0) is 6.42 Å². The molecule has 1 N–H and O–H groups in total. The van der Waals surface area contributed by atoms with Gasteiger partial charge in [0, 0.05) is 12.5 Å². The average Bonchev–Trinajstić information content (AvgIpc) is 2.48. The second-order valence-electron chi connectivity index (χ2n) is 5.98. The van der Waals surface area contributed by atoms with E-state index in [4.69, 9.17) is 0 Å². The fourth-order valence-corrected chi connectivity index (χ4v) is 2.87. The molecule has 21 heavy (non-hydrogen) atoms. The maximum atomic E-state index is 3.52. The first-order valence-corrected chi connectivity index (χ1v) is 7.94. The third kappa shape index (κ3) is 4.18. The van der Waals surface area contributed by atoms with Gasteiger partial charge in [0.05, 0.1) is 0 Å². The summed E-state index contributed by atoms with van der Waals surface area (Å²) in [5.74, 6) is 0.535. The van der Waals surface area contributed by atoms with Crippen LogP contribution >= 0.6 is 0 Å². The second-order valence-corrected chi connectivity index (χ2v) is 5.98. The minimum atomic E-state index is 0.535. The minimum Gasteiger partial charge on any atom is -0.316 e. The first-order valence-electron chi connectivity index (χ1n) is 7.94. The average molecular weight is 281 g/mol. The van der Waals surface area contributed by atoms with Crippen LogP contribution in [0.4, 0.5) is 0 Å². The Hall–Kier alpha value is -1.60. The predicted molar refractivity (Wildman–Crippen MR) is 92.1 cm³/mol. The highest BCUT2D eigenvalue weighted by molar-refractivity contribution is 5.34. The maximum Gasteiger partial charge on any atom is 0.00233 e. The molecule has 0 aliphatic heterocycles. The third-order valence-corrected chi connectivity index (χ3v) is 4.32. The van der Waals surface area contributed by atoms with E-state index < -0.39 is 0 Å². The molecule has 0 bridgehead atoms. The number of hydrogen-bond donors (Lipinski definition) is 1. The van der Waals surface area contributed by atoms with E-state index in [9.17, 15) is 0 Å². The summed E-state index contributed by atoms with van der Waals surface area (Å²) in [4.78, 5) is 0. The molecule has 0 fully saturated rings. The van der Waals surface area contributed by atoms with Crippen LogP contribution in [-0.4, -0.2) is 13.1 Å². The molecule has 1 heteroatoms. The zero-order valence-corrected chi connectivity index (χ0v) is 13.7. The molecule has 2 aromatic carbocycles. The van der Waals surface area contributed by atoms with Crippen molar-refractivity contribution >= 4 is 0 Å². The van der Waals surface area contributed by atoms with Gasteiger partial charge in [-0.25, -0.2) is 0 Å². The molecule has 2 aromatic rings. The van der Waals surface area contributed by atoms with Crippen LogP contribution in [0.25, 0.3) is 0 Å². The van der Waals surface area contributed by atoms with Crippen molar-refractivity contribution in [1.82, 2.24) is 5.32 Å². The highest BCUT2D eigenvalue weighted by Crippen LogP contribution is 2.24. The summed E-state index contributed by atoms with van der Waals surface area (Å²) in [7, 11) is 0. The van der Waals surface area contributed by atoms with Crippen molar-refractivity contribution in [3.63, 3.8) is 0 Å². The molecule has 112 valence electrons. The summed E-state index contributed by atoms with van der Waals surface area (Å²) in [6.07, 6.45) is 1.10. The number of aryl methyl sites for hydroxylation is 3. The van der Waals surface area contributed by atoms with E-state index in [-0.39, 0.29) is 0 Å². The van der Waals surface area contributed by atoms with Crippen molar-refractivity contribution in [2.24, 2.45) is 0 Å². The zero-order valence-electron chi connectivity index (χ0n) is 13.7. The first-order chi connectivity index (χ1) is 10.1. The lowest BCUT2D eigenvalue weighted by Gasteiger charge is -2.20. The van der Waals surface area contributed by atoms with E-state index >= 15 is 0 Å². The number of hydrogen-bond acceptors (Lipinski definition) is 1. The standard InChI is InChI=1S/C20H27N/c1-5-21-14-19(20-9-7-6-8-16(20)3)13-18-11-10-15(2)17(4)12-18/h6-12,19,21H,5,13-14H2,1-4H3. The van der Waals surface area contributed by atoms with E-state index in [1.165, 1.54) is 27.8 Å². The zero-order chi connectivity index (χ0) is 15.2. The van der Waals surface area contributed by atoms with Gasteiger partial charge in [-0.3, -0.25) is 0 Å². The van der Waals surface area contributed by atoms with Gasteiger partial charge < -0.3 is 5.32 Å². The lowest BCUT2D eigenvalue weighted by molar-refractivity contribution is 0.592. The summed E-state index contributed by atoms with van der Waals surface area (Å²) in [6, 6.07) is 15.6. The molecule has 0 aliphatic carbocycles. The molecule has 0 saturated heterocycles. The fourth-order valence-electron chi connectivity index (χ4n) is 2.87. The van der Waals surface area contributed by atoms with Gasteiger partial charge in [0.1, 0.15) is 0 Å². The Kier molecular flexibility index (Phi) is 5.58. The smallest absolute Gasteiger partial charge is 0.00233 e. The molecule has 1 atom stereocenters. The van der Waals surface area contributed by atoms with Crippen LogP contribution in [0.15, 0.2) is 42.5 Å². The van der Waals surface area contributed by atoms with Crippen molar-refractivity contribution in [3.8, 4) is 0 Å². The van der Waals surface area contributed by atoms with E-state index in [1.807, 2.05) is 0 Å². The van der Waals surface area contributed by atoms with Gasteiger partial charge in [-0.1, -0.05) is 49.4 Å². The first kappa shape index (κ1) is 15.8. The Balaban J connectivity index is 2.24. The predicted octanol–water partition coefficient (Wildman–Crippen LogP) is 4.55. The van der Waals surface area contributed by atoms with E-state index in [1.54, 1.807) is 0 Å². The Morgan fingerprint density at radius 2 is 1.67 bits per heavy atom. The van der Waals surface area contributed by atoms with Gasteiger partial charge in [-0.15, -0.1) is 0 Å². The highest BCUT2D eigenvalue weighted by Gasteiger charge is 2.14. The summed E-state index contributed by atoms with van der Waals surface area (Å²) in [5.41, 5.74) is 7.06. The normalized spacial score (nSPS) is 12.4. The van der Waals surface area contributed by atoms with Gasteiger partial charge in [0.25, 0.3) is 0 Å². The summed E-state index contributed by atoms with van der Waals surface area (Å²) in [5, 5.41) is 3.52. The number of likely N-dealkylation sites (N-methyl/N-ethyl adjacent to an activating group) is 1. The maximum absolute atomic E-state index is 3.52. The van der Waals surface area contributed by atoms with Gasteiger partial charge >= 0.3 is 0 Å². The highest BCUT2D eigenvalue weighted by atomic mass is 14.8. The Morgan fingerprint density at radius 1 is 0.905 bits per heavy atom. The van der Waals surface area contributed by atoms with E-state index in [0.717, 1.165) is 19.5 Å². The topological polar surface area (TPSA) is 12.0 Å². The van der Waals surface area contributed by atoms with Crippen molar-refractivity contribution in [2.75, 3.05) is 13.1 Å². The molecule has 1 nitrogen and oxygen atoms in total. The Labute approximate surface area is 129 Å². The molecular weight excluding hydrogens is 254 g/mol. The van der Waals surface area contributed by atoms with Gasteiger partial charge in [0.15, 0.2) is 0 Å². The molecule has 1 unspecified atom stereocenters. The van der Waals surface area contributed by atoms with Crippen LogP contribution in [0, 0.1) is 20.8 Å². The monoisotopic (exact) mass is 281 g/mol. The molecule has 0 saturated carbocycles. The van der Waals surface area contributed by atoms with Gasteiger partial charge in [-0.2, -0.15) is 0 Å². The molecule has 0 amide bonds. The molecule has 0 aromatic heterocycles. The van der Waals surface area contributed by atoms with Crippen LogP contribution in [0.2, 0.25) is 0 Å². The lowest BCUT2D eigenvalue weighted by Crippen LogP contribution is -2.23. The summed E-state index contributed by atoms with van der Waals surface area (Å²) < 4.78 is 0. The third-order valence-electron chi connectivity index (χ3n) is 4.32. The number of rotatable bonds is 6. The van der Waals surface area contributed by atoms with Crippen molar-refractivity contribution in [3.05, 3.63) is 70.3 Å². The van der Waals surface area contributed by atoms with Crippen LogP contribution in [0.3, 0.4) is 0 Å². The Bertz CT molecular complexity index is 586. The van der Waals surface area contributed by atoms with Gasteiger partial charge in [-0.05, 0) is 61.6 Å². The van der Waals surface area contributed by atoms with Crippen LogP contribution in [0.1, 0.15) is 40.7 Å². The fraction of sp³-hybridized carbons (Fsp3) is 0.400. The van der Waals surface area contributed by atoms with Gasteiger partial charge in [0.2, 0.25) is 0 Å². The second kappa shape index (κ2) is 7.42. The summed E-state index contributed by atoms with van der Waals surface area (Å²) >= 11 is 0. The molecule has 0 spiro atoms. The molecule has 0 radical (unpaired) electrons. The van der Waals surface area contributed by atoms with Crippen molar-refractivity contribution < 1.29 is 0 Å². The largest absolute Gasteiger partial charge is 0.316 e. The molecule has 2 rings (SSSR count). The lowest BCUT2D eigenvalue weighted by atomic mass is 9.88. The van der Waals surface area contributed by atoms with Crippen LogP contribution < -0.4 is 5.32 Å². The van der Waals surface area contributed by atoms with Crippen molar-refractivity contribution in [1.29, 1.82) is 0 Å². The van der Waals surface area contributed by atoms with Crippen LogP contribution in [0.5, 0.6) is 0 Å². The number of benzene rings is 2. The minimum absolute atomic E-state index is 0.535. The molecule has 0 aliphatic rings. The van der Waals surface area contributed by atoms with E-state index in [0.29, 0.717) is 5.92 Å².